The van der Waals surface area contributed by atoms with Gasteiger partial charge in [0, 0.05) is 32.2 Å². The van der Waals surface area contributed by atoms with E-state index >= 15 is 4.39 Å². The number of rotatable bonds is 3. The van der Waals surface area contributed by atoms with E-state index in [1.165, 1.54) is 4.90 Å². The van der Waals surface area contributed by atoms with E-state index in [1.807, 2.05) is 6.92 Å². The molecule has 0 radical (unpaired) electrons. The van der Waals surface area contributed by atoms with Crippen LogP contribution in [0, 0.1) is 11.6 Å². The van der Waals surface area contributed by atoms with Crippen molar-refractivity contribution in [1.29, 1.82) is 0 Å². The number of carboxylic acids is 1. The van der Waals surface area contributed by atoms with Gasteiger partial charge in [0.25, 0.3) is 0 Å². The summed E-state index contributed by atoms with van der Waals surface area (Å²) < 4.78 is 34.8. The Morgan fingerprint density at radius 1 is 1.42 bits per heavy atom. The summed E-state index contributed by atoms with van der Waals surface area (Å²) in [5.41, 5.74) is -0.756. The van der Waals surface area contributed by atoms with Gasteiger partial charge >= 0.3 is 11.9 Å². The van der Waals surface area contributed by atoms with Gasteiger partial charge in [-0.15, -0.1) is 0 Å². The number of aliphatic carboxylic acids is 1. The minimum absolute atomic E-state index is 0.0483. The Morgan fingerprint density at radius 3 is 2.77 bits per heavy atom. The Kier molecular flexibility index (Phi) is 4.82. The van der Waals surface area contributed by atoms with Gasteiger partial charge in [0.2, 0.25) is 5.76 Å². The number of ether oxygens (including phenoxy) is 1. The zero-order chi connectivity index (χ0) is 19.0. The second-order valence-corrected chi connectivity index (χ2v) is 6.19. The number of carboxylic acid groups (broad SMARTS) is 1. The van der Waals surface area contributed by atoms with Crippen molar-refractivity contribution >= 4 is 23.3 Å². The summed E-state index contributed by atoms with van der Waals surface area (Å²) in [6.07, 6.45) is 1.04. The lowest BCUT2D eigenvalue weighted by molar-refractivity contribution is -0.135. The number of halogens is 2. The number of carbonyl (C=O) groups is 2. The van der Waals surface area contributed by atoms with Gasteiger partial charge in [-0.1, -0.05) is 0 Å². The van der Waals surface area contributed by atoms with Crippen LogP contribution in [0.3, 0.4) is 0 Å². The summed E-state index contributed by atoms with van der Waals surface area (Å²) in [7, 11) is 0. The second-order valence-electron chi connectivity index (χ2n) is 6.19. The molecule has 0 amide bonds. The van der Waals surface area contributed by atoms with Crippen LogP contribution < -0.4 is 15.1 Å². The summed E-state index contributed by atoms with van der Waals surface area (Å²) >= 11 is 0. The predicted octanol–water partition coefficient (Wildman–Crippen LogP) is 1.69. The summed E-state index contributed by atoms with van der Waals surface area (Å²) in [6, 6.07) is 0.955. The van der Waals surface area contributed by atoms with E-state index in [4.69, 9.17) is 9.84 Å². The van der Waals surface area contributed by atoms with Gasteiger partial charge in [-0.3, -0.25) is 0 Å². The number of hydrogen-bond acceptors (Lipinski definition) is 6. The van der Waals surface area contributed by atoms with Crippen LogP contribution in [0.4, 0.5) is 20.2 Å². The van der Waals surface area contributed by atoms with E-state index in [0.29, 0.717) is 19.6 Å². The third kappa shape index (κ3) is 3.10. The smallest absolute Gasteiger partial charge is 0.373 e. The lowest BCUT2D eigenvalue weighted by Gasteiger charge is -2.35. The van der Waals surface area contributed by atoms with Gasteiger partial charge in [-0.2, -0.15) is 0 Å². The van der Waals surface area contributed by atoms with Crippen molar-refractivity contribution in [2.24, 2.45) is 0 Å². The van der Waals surface area contributed by atoms with Crippen molar-refractivity contribution < 1.29 is 28.2 Å². The molecule has 1 aromatic carbocycles. The maximum absolute atomic E-state index is 15.3. The molecular weight excluding hydrogens is 348 g/mol. The van der Waals surface area contributed by atoms with E-state index in [2.05, 4.69) is 5.32 Å². The van der Waals surface area contributed by atoms with E-state index in [-0.39, 0.29) is 29.5 Å². The summed E-state index contributed by atoms with van der Waals surface area (Å²) in [6.45, 7) is 5.11. The molecule has 0 bridgehead atoms. The van der Waals surface area contributed by atoms with Gasteiger partial charge in [-0.25, -0.2) is 18.4 Å². The number of hydrogen-bond donors (Lipinski definition) is 2. The third-order valence-electron chi connectivity index (χ3n) is 4.39. The molecule has 1 fully saturated rings. The molecule has 3 rings (SSSR count). The number of esters is 1. The first-order chi connectivity index (χ1) is 12.3. The van der Waals surface area contributed by atoms with Crippen molar-refractivity contribution in [2.75, 3.05) is 36.0 Å². The minimum atomic E-state index is -1.47. The van der Waals surface area contributed by atoms with Crippen LogP contribution in [0.1, 0.15) is 24.2 Å². The molecule has 2 aliphatic rings. The largest absolute Gasteiger partial charge is 0.475 e. The monoisotopic (exact) mass is 367 g/mol. The highest BCUT2D eigenvalue weighted by Crippen LogP contribution is 2.37. The lowest BCUT2D eigenvalue weighted by atomic mass is 10.1. The van der Waals surface area contributed by atoms with Crippen molar-refractivity contribution in [2.45, 2.75) is 19.9 Å². The Hall–Kier alpha value is -2.68. The fourth-order valence-electron chi connectivity index (χ4n) is 3.20. The Balaban J connectivity index is 2.16. The van der Waals surface area contributed by atoms with Crippen molar-refractivity contribution in [3.8, 4) is 0 Å². The fourth-order valence-corrected chi connectivity index (χ4v) is 3.20. The van der Waals surface area contributed by atoms with Crippen LogP contribution in [-0.2, 0) is 9.53 Å². The fraction of sp³-hybridized carbons (Fsp3) is 0.412. The normalized spacial score (nSPS) is 20.2. The first-order valence-corrected chi connectivity index (χ1v) is 8.27. The number of nitrogens with one attached hydrogen (secondary N) is 1. The standard InChI is InChI=1S/C17H19F2N3O4/c1-3-21-8-12(16(23)24)26-17(25)10-6-11(18)15(13(19)14(10)21)22-5-4-20-9(2)7-22/h6,8-9,20H,3-5,7H2,1-2H3,(H,23,24). The van der Waals surface area contributed by atoms with Crippen LogP contribution in [0.15, 0.2) is 18.0 Å². The van der Waals surface area contributed by atoms with Gasteiger partial charge in [0.15, 0.2) is 11.6 Å². The molecule has 9 heteroatoms. The molecule has 2 N–H and O–H groups in total. The lowest BCUT2D eigenvalue weighted by Crippen LogP contribution is -2.50. The van der Waals surface area contributed by atoms with E-state index in [1.54, 1.807) is 11.8 Å². The van der Waals surface area contributed by atoms with Gasteiger partial charge in [0.1, 0.15) is 5.69 Å². The summed E-state index contributed by atoms with van der Waals surface area (Å²) in [5.74, 6) is -5.02. The third-order valence-corrected chi connectivity index (χ3v) is 4.39. The second kappa shape index (κ2) is 6.91. The molecule has 0 aliphatic carbocycles. The molecule has 1 saturated heterocycles. The van der Waals surface area contributed by atoms with Crippen LogP contribution in [-0.4, -0.2) is 49.3 Å². The van der Waals surface area contributed by atoms with Crippen LogP contribution >= 0.6 is 0 Å². The molecule has 140 valence electrons. The SMILES string of the molecule is CCN1C=C(C(=O)O)OC(=O)c2cc(F)c(N3CCNC(C)C3)c(F)c21. The average Bonchev–Trinajstić information content (AvgIpc) is 2.72. The molecule has 0 spiro atoms. The molecule has 1 atom stereocenters. The van der Waals surface area contributed by atoms with Crippen LogP contribution in [0.2, 0.25) is 0 Å². The number of fused-ring (bicyclic) bond motifs is 1. The molecule has 0 aromatic heterocycles. The summed E-state index contributed by atoms with van der Waals surface area (Å²) in [5, 5.41) is 12.3. The van der Waals surface area contributed by atoms with Crippen molar-refractivity contribution in [3.05, 3.63) is 35.2 Å². The minimum Gasteiger partial charge on any atom is -0.475 e. The highest BCUT2D eigenvalue weighted by atomic mass is 19.1. The van der Waals surface area contributed by atoms with Gasteiger partial charge in [0.05, 0.1) is 17.5 Å². The molecule has 26 heavy (non-hydrogen) atoms. The molecule has 2 aliphatic heterocycles. The highest BCUT2D eigenvalue weighted by Gasteiger charge is 2.33. The quantitative estimate of drug-likeness (QED) is 0.787. The van der Waals surface area contributed by atoms with Crippen molar-refractivity contribution in [1.82, 2.24) is 5.32 Å². The number of benzene rings is 1. The number of nitrogens with zero attached hydrogens (tertiary/aromatic N) is 2. The van der Waals surface area contributed by atoms with E-state index < -0.39 is 29.3 Å². The predicted molar refractivity (Wildman–Crippen MR) is 90.2 cm³/mol. The van der Waals surface area contributed by atoms with Crippen LogP contribution in [0.5, 0.6) is 0 Å². The Labute approximate surface area is 148 Å². The maximum atomic E-state index is 15.3. The zero-order valence-electron chi connectivity index (χ0n) is 14.4. The molecule has 1 aromatic rings. The van der Waals surface area contributed by atoms with Gasteiger partial charge in [-0.05, 0) is 19.9 Å². The van der Waals surface area contributed by atoms with Crippen molar-refractivity contribution in [3.63, 3.8) is 0 Å². The molecule has 7 nitrogen and oxygen atoms in total. The molecule has 2 heterocycles. The highest BCUT2D eigenvalue weighted by molar-refractivity contribution is 6.02. The van der Waals surface area contributed by atoms with Gasteiger partial charge < -0.3 is 25.0 Å². The zero-order valence-corrected chi connectivity index (χ0v) is 14.4. The average molecular weight is 367 g/mol. The topological polar surface area (TPSA) is 82.1 Å². The molecular formula is C17H19F2N3O4. The first kappa shape index (κ1) is 18.1. The van der Waals surface area contributed by atoms with E-state index in [9.17, 15) is 14.0 Å². The molecule has 1 unspecified atom stereocenters. The summed E-state index contributed by atoms with van der Waals surface area (Å²) in [4.78, 5) is 26.3. The Bertz CT molecular complexity index is 797. The molecule has 0 saturated carbocycles. The number of anilines is 2. The number of piperazine rings is 1. The number of cyclic esters (lactones) is 1. The first-order valence-electron chi connectivity index (χ1n) is 8.27. The number of carbonyl (C=O) groups excluding carboxylic acids is 1. The van der Waals surface area contributed by atoms with E-state index in [0.717, 1.165) is 12.3 Å². The maximum Gasteiger partial charge on any atom is 0.373 e. The van der Waals surface area contributed by atoms with Crippen LogP contribution in [0.25, 0.3) is 0 Å². The Morgan fingerprint density at radius 2 is 2.15 bits per heavy atom.